The summed E-state index contributed by atoms with van der Waals surface area (Å²) in [5.74, 6) is 2.95. The van der Waals surface area contributed by atoms with Gasteiger partial charge in [0, 0.05) is 30.8 Å². The Morgan fingerprint density at radius 2 is 2.50 bits per heavy atom. The van der Waals surface area contributed by atoms with Crippen molar-refractivity contribution < 1.29 is 4.74 Å². The number of rotatable bonds is 3. The quantitative estimate of drug-likeness (QED) is 0.928. The minimum Gasteiger partial charge on any atom is -0.374 e. The highest BCUT2D eigenvalue weighted by molar-refractivity contribution is 7.99. The number of pyridine rings is 1. The molecule has 3 rings (SSSR count). The van der Waals surface area contributed by atoms with E-state index in [0.717, 1.165) is 35.8 Å². The average Bonchev–Trinajstić information content (AvgIpc) is 2.90. The Kier molecular flexibility index (Phi) is 4.55. The first-order chi connectivity index (χ1) is 9.74. The maximum atomic E-state index is 6.33. The molecule has 1 spiro atoms. The number of halogens is 1. The van der Waals surface area contributed by atoms with E-state index in [-0.39, 0.29) is 11.6 Å². The summed E-state index contributed by atoms with van der Waals surface area (Å²) in [5.41, 5.74) is 1.28. The summed E-state index contributed by atoms with van der Waals surface area (Å²) in [6, 6.07) is 2.33. The fraction of sp³-hybridized carbons (Fsp3) is 0.667. The van der Waals surface area contributed by atoms with Crippen molar-refractivity contribution in [1.82, 2.24) is 10.3 Å². The van der Waals surface area contributed by atoms with Crippen molar-refractivity contribution in [2.24, 2.45) is 5.92 Å². The van der Waals surface area contributed by atoms with Crippen molar-refractivity contribution in [2.75, 3.05) is 25.2 Å². The summed E-state index contributed by atoms with van der Waals surface area (Å²) < 4.78 is 6.12. The van der Waals surface area contributed by atoms with Crippen LogP contribution in [0.1, 0.15) is 30.9 Å². The molecule has 5 heteroatoms. The topological polar surface area (TPSA) is 34.2 Å². The summed E-state index contributed by atoms with van der Waals surface area (Å²) in [6.45, 7) is 0.867. The van der Waals surface area contributed by atoms with Crippen LogP contribution in [0.25, 0.3) is 0 Å². The second-order valence-corrected chi connectivity index (χ2v) is 7.26. The summed E-state index contributed by atoms with van der Waals surface area (Å²) in [6.07, 6.45) is 6.98. The summed E-state index contributed by atoms with van der Waals surface area (Å²) in [7, 11) is 2.02. The van der Waals surface area contributed by atoms with Crippen molar-refractivity contribution in [3.8, 4) is 0 Å². The lowest BCUT2D eigenvalue weighted by molar-refractivity contribution is -0.0850. The van der Waals surface area contributed by atoms with Crippen LogP contribution in [-0.2, 0) is 4.74 Å². The largest absolute Gasteiger partial charge is 0.374 e. The molecule has 3 atom stereocenters. The van der Waals surface area contributed by atoms with E-state index in [2.05, 4.69) is 10.3 Å². The Morgan fingerprint density at radius 3 is 3.20 bits per heavy atom. The maximum absolute atomic E-state index is 6.33. The molecule has 0 aromatic carbocycles. The average molecular weight is 313 g/mol. The van der Waals surface area contributed by atoms with Gasteiger partial charge in [0.15, 0.2) is 0 Å². The molecule has 0 amide bonds. The van der Waals surface area contributed by atoms with Crippen molar-refractivity contribution in [3.05, 3.63) is 29.0 Å². The van der Waals surface area contributed by atoms with Gasteiger partial charge in [-0.1, -0.05) is 11.6 Å². The zero-order valence-electron chi connectivity index (χ0n) is 11.8. The molecule has 3 unspecified atom stereocenters. The molecular weight excluding hydrogens is 292 g/mol. The minimum atomic E-state index is 0.113. The van der Waals surface area contributed by atoms with Gasteiger partial charge in [-0.2, -0.15) is 11.8 Å². The van der Waals surface area contributed by atoms with Gasteiger partial charge in [-0.3, -0.25) is 4.98 Å². The molecule has 0 saturated carbocycles. The van der Waals surface area contributed by atoms with Gasteiger partial charge in [0.2, 0.25) is 0 Å². The van der Waals surface area contributed by atoms with E-state index < -0.39 is 0 Å². The van der Waals surface area contributed by atoms with Crippen LogP contribution in [0, 0.1) is 5.92 Å². The Morgan fingerprint density at radius 1 is 1.60 bits per heavy atom. The number of nitrogens with one attached hydrogen (secondary N) is 1. The van der Waals surface area contributed by atoms with Gasteiger partial charge in [-0.15, -0.1) is 0 Å². The standard InChI is InChI=1S/C15H21ClN2OS/c1-17-14(12-2-5-18-9-13(12)16)11-3-6-19-15(8-11)4-7-20-10-15/h2,5,9,11,14,17H,3-4,6-8,10H2,1H3. The first-order valence-corrected chi connectivity index (χ1v) is 8.76. The van der Waals surface area contributed by atoms with E-state index in [4.69, 9.17) is 16.3 Å². The molecule has 3 heterocycles. The zero-order valence-corrected chi connectivity index (χ0v) is 13.3. The highest BCUT2D eigenvalue weighted by Gasteiger charge is 2.42. The van der Waals surface area contributed by atoms with Crippen LogP contribution < -0.4 is 5.32 Å². The predicted octanol–water partition coefficient (Wildman–Crippen LogP) is 3.30. The molecule has 0 bridgehead atoms. The third kappa shape index (κ3) is 2.84. The number of hydrogen-bond donors (Lipinski definition) is 1. The van der Waals surface area contributed by atoms with Crippen molar-refractivity contribution >= 4 is 23.4 Å². The molecule has 20 heavy (non-hydrogen) atoms. The second kappa shape index (κ2) is 6.22. The lowest BCUT2D eigenvalue weighted by Gasteiger charge is -2.41. The number of thioether (sulfide) groups is 1. The third-order valence-corrected chi connectivity index (χ3v) is 6.06. The first-order valence-electron chi connectivity index (χ1n) is 7.22. The van der Waals surface area contributed by atoms with E-state index in [0.29, 0.717) is 5.92 Å². The molecule has 1 aromatic rings. The monoisotopic (exact) mass is 312 g/mol. The molecule has 2 aliphatic heterocycles. The van der Waals surface area contributed by atoms with Crippen LogP contribution in [-0.4, -0.2) is 35.7 Å². The van der Waals surface area contributed by atoms with Crippen LogP contribution in [0.2, 0.25) is 5.02 Å². The predicted molar refractivity (Wildman–Crippen MR) is 84.4 cm³/mol. The molecule has 1 aromatic heterocycles. The Bertz CT molecular complexity index is 465. The van der Waals surface area contributed by atoms with Crippen LogP contribution in [0.5, 0.6) is 0 Å². The molecule has 2 saturated heterocycles. The lowest BCUT2D eigenvalue weighted by atomic mass is 9.79. The third-order valence-electron chi connectivity index (χ3n) is 4.52. The van der Waals surface area contributed by atoms with Crippen molar-refractivity contribution in [1.29, 1.82) is 0 Å². The summed E-state index contributed by atoms with van der Waals surface area (Å²) in [4.78, 5) is 4.09. The lowest BCUT2D eigenvalue weighted by Crippen LogP contribution is -2.43. The Hall–Kier alpha value is -0.290. The van der Waals surface area contributed by atoms with Crippen LogP contribution >= 0.6 is 23.4 Å². The maximum Gasteiger partial charge on any atom is 0.0783 e. The van der Waals surface area contributed by atoms with Gasteiger partial charge in [-0.25, -0.2) is 0 Å². The van der Waals surface area contributed by atoms with Gasteiger partial charge in [0.1, 0.15) is 0 Å². The molecule has 0 radical (unpaired) electrons. The number of aromatic nitrogens is 1. The normalized spacial score (nSPS) is 31.6. The van der Waals surface area contributed by atoms with Gasteiger partial charge < -0.3 is 10.1 Å². The number of hydrogen-bond acceptors (Lipinski definition) is 4. The van der Waals surface area contributed by atoms with E-state index in [9.17, 15) is 0 Å². The first kappa shape index (κ1) is 14.6. The number of nitrogens with zero attached hydrogens (tertiary/aromatic N) is 1. The number of ether oxygens (including phenoxy) is 1. The molecule has 0 aliphatic carbocycles. The van der Waals surface area contributed by atoms with E-state index in [1.54, 1.807) is 6.20 Å². The van der Waals surface area contributed by atoms with Gasteiger partial charge in [0.05, 0.1) is 10.6 Å². The molecule has 110 valence electrons. The molecule has 1 N–H and O–H groups in total. The summed E-state index contributed by atoms with van der Waals surface area (Å²) >= 11 is 8.35. The van der Waals surface area contributed by atoms with Crippen LogP contribution in [0.4, 0.5) is 0 Å². The molecule has 2 fully saturated rings. The Labute approximate surface area is 129 Å². The highest BCUT2D eigenvalue weighted by atomic mass is 35.5. The molecule has 2 aliphatic rings. The fourth-order valence-corrected chi connectivity index (χ4v) is 5.11. The minimum absolute atomic E-state index is 0.113. The SMILES string of the molecule is CNC(c1ccncc1Cl)C1CCOC2(CCSC2)C1. The second-order valence-electron chi connectivity index (χ2n) is 5.75. The van der Waals surface area contributed by atoms with Crippen LogP contribution in [0.15, 0.2) is 18.5 Å². The van der Waals surface area contributed by atoms with Gasteiger partial charge >= 0.3 is 0 Å². The molecule has 3 nitrogen and oxygen atoms in total. The zero-order chi connectivity index (χ0) is 14.0. The molecular formula is C15H21ClN2OS. The Balaban J connectivity index is 1.81. The van der Waals surface area contributed by atoms with E-state index in [1.807, 2.05) is 31.1 Å². The smallest absolute Gasteiger partial charge is 0.0783 e. The van der Waals surface area contributed by atoms with E-state index in [1.165, 1.54) is 12.2 Å². The van der Waals surface area contributed by atoms with Gasteiger partial charge in [0.25, 0.3) is 0 Å². The van der Waals surface area contributed by atoms with Gasteiger partial charge in [-0.05, 0) is 49.6 Å². The van der Waals surface area contributed by atoms with Crippen LogP contribution in [0.3, 0.4) is 0 Å². The fourth-order valence-electron chi connectivity index (χ4n) is 3.50. The van der Waals surface area contributed by atoms with E-state index >= 15 is 0 Å². The summed E-state index contributed by atoms with van der Waals surface area (Å²) in [5, 5.41) is 4.22. The van der Waals surface area contributed by atoms with Crippen molar-refractivity contribution in [2.45, 2.75) is 30.9 Å². The highest BCUT2D eigenvalue weighted by Crippen LogP contribution is 2.44. The van der Waals surface area contributed by atoms with Crippen molar-refractivity contribution in [3.63, 3.8) is 0 Å².